The van der Waals surface area contributed by atoms with Gasteiger partial charge in [0.2, 0.25) is 11.8 Å². The zero-order valence-corrected chi connectivity index (χ0v) is 15.7. The van der Waals surface area contributed by atoms with Gasteiger partial charge in [0.1, 0.15) is 11.8 Å². The molecule has 1 atom stereocenters. The molecule has 0 aliphatic rings. The molecule has 2 aromatic rings. The minimum Gasteiger partial charge on any atom is -0.497 e. The Bertz CT molecular complexity index is 778. The van der Waals surface area contributed by atoms with Crippen molar-refractivity contribution in [2.24, 2.45) is 0 Å². The van der Waals surface area contributed by atoms with Gasteiger partial charge in [0.15, 0.2) is 0 Å². The van der Waals surface area contributed by atoms with E-state index >= 15 is 0 Å². The van der Waals surface area contributed by atoms with Crippen molar-refractivity contribution in [1.29, 1.82) is 0 Å². The zero-order valence-electron chi connectivity index (χ0n) is 14.9. The second-order valence-corrected chi connectivity index (χ2v) is 6.21. The van der Waals surface area contributed by atoms with Crippen LogP contribution in [0.4, 0.5) is 11.4 Å². The summed E-state index contributed by atoms with van der Waals surface area (Å²) in [5.41, 5.74) is 2.20. The third kappa shape index (κ3) is 5.67. The standard InChI is InChI=1S/C19H22ClN3O3/c1-12(19(25)21-11-14-4-7-16(26-3)8-5-14)22-15-6-9-18(17(20)10-15)23-13(2)24/h4-10,12,22H,11H2,1-3H3,(H,21,25)(H,23,24). The van der Waals surface area contributed by atoms with Crippen LogP contribution >= 0.6 is 11.6 Å². The number of methoxy groups -OCH3 is 1. The summed E-state index contributed by atoms with van der Waals surface area (Å²) >= 11 is 6.14. The van der Waals surface area contributed by atoms with E-state index in [1.165, 1.54) is 6.92 Å². The summed E-state index contributed by atoms with van der Waals surface area (Å²) in [5.74, 6) is 0.441. The van der Waals surface area contributed by atoms with Gasteiger partial charge in [0.25, 0.3) is 0 Å². The first-order valence-corrected chi connectivity index (χ1v) is 8.51. The summed E-state index contributed by atoms with van der Waals surface area (Å²) in [6, 6.07) is 12.2. The molecule has 1 unspecified atom stereocenters. The van der Waals surface area contributed by atoms with Crippen molar-refractivity contribution in [3.8, 4) is 5.75 Å². The van der Waals surface area contributed by atoms with Gasteiger partial charge >= 0.3 is 0 Å². The predicted molar refractivity (Wildman–Crippen MR) is 104 cm³/mol. The first-order chi connectivity index (χ1) is 12.4. The molecule has 0 bridgehead atoms. The van der Waals surface area contributed by atoms with Crippen LogP contribution in [0, 0.1) is 0 Å². The lowest BCUT2D eigenvalue weighted by Gasteiger charge is -2.16. The maximum absolute atomic E-state index is 12.3. The van der Waals surface area contributed by atoms with Crippen LogP contribution in [0.2, 0.25) is 5.02 Å². The molecule has 0 aromatic heterocycles. The van der Waals surface area contributed by atoms with Crippen LogP contribution in [-0.2, 0) is 16.1 Å². The Labute approximate surface area is 157 Å². The predicted octanol–water partition coefficient (Wildman–Crippen LogP) is 3.42. The molecule has 0 fully saturated rings. The zero-order chi connectivity index (χ0) is 19.1. The van der Waals surface area contributed by atoms with E-state index in [4.69, 9.17) is 16.3 Å². The topological polar surface area (TPSA) is 79.5 Å². The lowest BCUT2D eigenvalue weighted by molar-refractivity contribution is -0.121. The smallest absolute Gasteiger partial charge is 0.242 e. The largest absolute Gasteiger partial charge is 0.497 e. The number of nitrogens with one attached hydrogen (secondary N) is 3. The molecule has 0 spiro atoms. The van der Waals surface area contributed by atoms with Crippen LogP contribution in [0.1, 0.15) is 19.4 Å². The number of ether oxygens (including phenoxy) is 1. The van der Waals surface area contributed by atoms with Crippen LogP contribution < -0.4 is 20.7 Å². The number of hydrogen-bond acceptors (Lipinski definition) is 4. The molecule has 3 N–H and O–H groups in total. The minimum atomic E-state index is -0.448. The fraction of sp³-hybridized carbons (Fsp3) is 0.263. The fourth-order valence-corrected chi connectivity index (χ4v) is 2.52. The van der Waals surface area contributed by atoms with Crippen molar-refractivity contribution in [3.63, 3.8) is 0 Å². The third-order valence-corrected chi connectivity index (χ3v) is 3.99. The van der Waals surface area contributed by atoms with E-state index in [1.54, 1.807) is 32.2 Å². The van der Waals surface area contributed by atoms with E-state index in [0.717, 1.165) is 11.3 Å². The Hall–Kier alpha value is -2.73. The second kappa shape index (κ2) is 9.10. The van der Waals surface area contributed by atoms with Crippen LogP contribution in [0.25, 0.3) is 0 Å². The van der Waals surface area contributed by atoms with E-state index < -0.39 is 6.04 Å². The Morgan fingerprint density at radius 3 is 2.42 bits per heavy atom. The van der Waals surface area contributed by atoms with Gasteiger partial charge in [-0.2, -0.15) is 0 Å². The highest BCUT2D eigenvalue weighted by Gasteiger charge is 2.13. The Morgan fingerprint density at radius 2 is 1.85 bits per heavy atom. The molecule has 0 aliphatic heterocycles. The van der Waals surface area contributed by atoms with E-state index in [0.29, 0.717) is 22.9 Å². The summed E-state index contributed by atoms with van der Waals surface area (Å²) in [7, 11) is 1.61. The van der Waals surface area contributed by atoms with Gasteiger partial charge in [-0.1, -0.05) is 23.7 Å². The lowest BCUT2D eigenvalue weighted by Crippen LogP contribution is -2.37. The Balaban J connectivity index is 1.89. The van der Waals surface area contributed by atoms with Crippen molar-refractivity contribution in [2.75, 3.05) is 17.7 Å². The molecule has 2 aromatic carbocycles. The number of anilines is 2. The number of carbonyl (C=O) groups excluding carboxylic acids is 2. The highest BCUT2D eigenvalue weighted by atomic mass is 35.5. The van der Waals surface area contributed by atoms with Gasteiger partial charge in [0, 0.05) is 19.2 Å². The number of hydrogen-bond donors (Lipinski definition) is 3. The maximum Gasteiger partial charge on any atom is 0.242 e. The van der Waals surface area contributed by atoms with Crippen molar-refractivity contribution in [3.05, 3.63) is 53.1 Å². The average molecular weight is 376 g/mol. The molecule has 0 heterocycles. The molecular weight excluding hydrogens is 354 g/mol. The van der Waals surface area contributed by atoms with E-state index in [2.05, 4.69) is 16.0 Å². The molecule has 138 valence electrons. The average Bonchev–Trinajstić information content (AvgIpc) is 2.62. The van der Waals surface area contributed by atoms with Crippen molar-refractivity contribution < 1.29 is 14.3 Å². The number of rotatable bonds is 7. The Morgan fingerprint density at radius 1 is 1.15 bits per heavy atom. The molecular formula is C19H22ClN3O3. The monoisotopic (exact) mass is 375 g/mol. The SMILES string of the molecule is COc1ccc(CNC(=O)C(C)Nc2ccc(NC(C)=O)c(Cl)c2)cc1. The molecule has 6 nitrogen and oxygen atoms in total. The quantitative estimate of drug-likeness (QED) is 0.692. The highest BCUT2D eigenvalue weighted by Crippen LogP contribution is 2.25. The Kier molecular flexibility index (Phi) is 6.86. The van der Waals surface area contributed by atoms with E-state index in [1.807, 2.05) is 24.3 Å². The fourth-order valence-electron chi connectivity index (χ4n) is 2.30. The third-order valence-electron chi connectivity index (χ3n) is 3.68. The summed E-state index contributed by atoms with van der Waals surface area (Å²) in [6.45, 7) is 3.60. The number of halogens is 1. The number of benzene rings is 2. The van der Waals surface area contributed by atoms with Gasteiger partial charge in [-0.3, -0.25) is 9.59 Å². The van der Waals surface area contributed by atoms with Gasteiger partial charge in [-0.25, -0.2) is 0 Å². The summed E-state index contributed by atoms with van der Waals surface area (Å²) in [6.07, 6.45) is 0. The molecule has 7 heteroatoms. The molecule has 26 heavy (non-hydrogen) atoms. The summed E-state index contributed by atoms with van der Waals surface area (Å²) < 4.78 is 5.11. The van der Waals surface area contributed by atoms with Crippen LogP contribution in [0.5, 0.6) is 5.75 Å². The minimum absolute atomic E-state index is 0.136. The van der Waals surface area contributed by atoms with E-state index in [-0.39, 0.29) is 11.8 Å². The lowest BCUT2D eigenvalue weighted by atomic mass is 10.2. The van der Waals surface area contributed by atoms with Gasteiger partial charge in [-0.15, -0.1) is 0 Å². The van der Waals surface area contributed by atoms with Crippen LogP contribution in [0.15, 0.2) is 42.5 Å². The molecule has 2 rings (SSSR count). The van der Waals surface area contributed by atoms with Crippen molar-refractivity contribution in [2.45, 2.75) is 26.4 Å². The molecule has 0 radical (unpaired) electrons. The summed E-state index contributed by atoms with van der Waals surface area (Å²) in [4.78, 5) is 23.3. The summed E-state index contributed by atoms with van der Waals surface area (Å²) in [5, 5.41) is 9.00. The molecule has 0 saturated heterocycles. The van der Waals surface area contributed by atoms with Gasteiger partial charge in [0.05, 0.1) is 17.8 Å². The first kappa shape index (κ1) is 19.6. The normalized spacial score (nSPS) is 11.4. The second-order valence-electron chi connectivity index (χ2n) is 5.81. The first-order valence-electron chi connectivity index (χ1n) is 8.13. The van der Waals surface area contributed by atoms with Crippen LogP contribution in [-0.4, -0.2) is 25.0 Å². The van der Waals surface area contributed by atoms with Crippen LogP contribution in [0.3, 0.4) is 0 Å². The molecule has 2 amide bonds. The maximum atomic E-state index is 12.3. The van der Waals surface area contributed by atoms with Crippen molar-refractivity contribution in [1.82, 2.24) is 5.32 Å². The van der Waals surface area contributed by atoms with E-state index in [9.17, 15) is 9.59 Å². The molecule has 0 saturated carbocycles. The van der Waals surface area contributed by atoms with Gasteiger partial charge < -0.3 is 20.7 Å². The molecule has 0 aliphatic carbocycles. The van der Waals surface area contributed by atoms with Crippen molar-refractivity contribution >= 4 is 34.8 Å². The number of carbonyl (C=O) groups is 2. The number of amides is 2. The highest BCUT2D eigenvalue weighted by molar-refractivity contribution is 6.34. The van der Waals surface area contributed by atoms with Gasteiger partial charge in [-0.05, 0) is 42.8 Å².